The zero-order valence-electron chi connectivity index (χ0n) is 8.49. The molecular formula is C9H14N4O2. The molecule has 1 unspecified atom stereocenters. The van der Waals surface area contributed by atoms with Gasteiger partial charge in [0.05, 0.1) is 0 Å². The predicted molar refractivity (Wildman–Crippen MR) is 55.5 cm³/mol. The van der Waals surface area contributed by atoms with Crippen LogP contribution >= 0.6 is 0 Å². The molecule has 0 saturated carbocycles. The Kier molecular flexibility index (Phi) is 3.99. The molecule has 15 heavy (non-hydrogen) atoms. The van der Waals surface area contributed by atoms with Crippen molar-refractivity contribution >= 4 is 5.91 Å². The predicted octanol–water partition coefficient (Wildman–Crippen LogP) is -0.763. The van der Waals surface area contributed by atoms with E-state index in [4.69, 9.17) is 5.73 Å². The van der Waals surface area contributed by atoms with Gasteiger partial charge in [0.1, 0.15) is 5.69 Å². The summed E-state index contributed by atoms with van der Waals surface area (Å²) >= 11 is 0. The molecular weight excluding hydrogens is 196 g/mol. The first kappa shape index (κ1) is 11.4. The Bertz CT molecular complexity index is 363. The van der Waals surface area contributed by atoms with Crippen molar-refractivity contribution in [2.24, 2.45) is 5.73 Å². The number of carbonyl (C=O) groups is 1. The van der Waals surface area contributed by atoms with E-state index in [0.29, 0.717) is 6.54 Å². The molecule has 1 amide bonds. The van der Waals surface area contributed by atoms with Crippen LogP contribution in [0.5, 0.6) is 0 Å². The molecule has 1 atom stereocenters. The summed E-state index contributed by atoms with van der Waals surface area (Å²) in [5.41, 5.74) is 5.29. The first-order chi connectivity index (χ1) is 7.17. The van der Waals surface area contributed by atoms with Crippen LogP contribution in [0.1, 0.15) is 23.8 Å². The highest BCUT2D eigenvalue weighted by Crippen LogP contribution is 1.93. The molecule has 4 N–H and O–H groups in total. The standard InChI is InChI=1S/C9H14N4O2/c1-2-6(5-10)11-9(15)7-3-4-8(14)13-12-7/h3-4,6H,2,5,10H2,1H3,(H,11,15)(H,13,14). The Morgan fingerprint density at radius 3 is 2.87 bits per heavy atom. The van der Waals surface area contributed by atoms with Gasteiger partial charge in [0, 0.05) is 18.7 Å². The van der Waals surface area contributed by atoms with Crippen LogP contribution in [0, 0.1) is 0 Å². The summed E-state index contributed by atoms with van der Waals surface area (Å²) in [6.45, 7) is 2.31. The molecule has 0 aliphatic heterocycles. The van der Waals surface area contributed by atoms with Crippen molar-refractivity contribution in [2.75, 3.05) is 6.54 Å². The largest absolute Gasteiger partial charge is 0.347 e. The van der Waals surface area contributed by atoms with Gasteiger partial charge in [-0.15, -0.1) is 0 Å². The van der Waals surface area contributed by atoms with E-state index in [1.807, 2.05) is 6.92 Å². The number of aromatic nitrogens is 2. The Hall–Kier alpha value is -1.69. The van der Waals surface area contributed by atoms with E-state index < -0.39 is 0 Å². The van der Waals surface area contributed by atoms with E-state index in [-0.39, 0.29) is 23.2 Å². The molecule has 0 fully saturated rings. The first-order valence-electron chi connectivity index (χ1n) is 4.74. The molecule has 0 aromatic carbocycles. The van der Waals surface area contributed by atoms with Gasteiger partial charge in [-0.1, -0.05) is 6.92 Å². The van der Waals surface area contributed by atoms with Crippen molar-refractivity contribution in [3.05, 3.63) is 28.2 Å². The Morgan fingerprint density at radius 1 is 1.67 bits per heavy atom. The topological polar surface area (TPSA) is 101 Å². The zero-order valence-corrected chi connectivity index (χ0v) is 8.49. The van der Waals surface area contributed by atoms with E-state index in [1.165, 1.54) is 12.1 Å². The van der Waals surface area contributed by atoms with Crippen molar-refractivity contribution in [2.45, 2.75) is 19.4 Å². The van der Waals surface area contributed by atoms with Gasteiger partial charge in [0.15, 0.2) is 0 Å². The van der Waals surface area contributed by atoms with Gasteiger partial charge in [-0.05, 0) is 12.5 Å². The van der Waals surface area contributed by atoms with Crippen molar-refractivity contribution < 1.29 is 4.79 Å². The maximum Gasteiger partial charge on any atom is 0.271 e. The number of nitrogens with zero attached hydrogens (tertiary/aromatic N) is 1. The smallest absolute Gasteiger partial charge is 0.271 e. The van der Waals surface area contributed by atoms with Crippen LogP contribution in [0.4, 0.5) is 0 Å². The third kappa shape index (κ3) is 3.17. The Morgan fingerprint density at radius 2 is 2.40 bits per heavy atom. The fourth-order valence-corrected chi connectivity index (χ4v) is 1.06. The second kappa shape index (κ2) is 5.26. The summed E-state index contributed by atoms with van der Waals surface area (Å²) in [6, 6.07) is 2.56. The zero-order chi connectivity index (χ0) is 11.3. The maximum atomic E-state index is 11.5. The lowest BCUT2D eigenvalue weighted by Crippen LogP contribution is -2.40. The lowest BCUT2D eigenvalue weighted by atomic mass is 10.2. The number of H-pyrrole nitrogens is 1. The number of carbonyl (C=O) groups excluding carboxylic acids is 1. The summed E-state index contributed by atoms with van der Waals surface area (Å²) in [5, 5.41) is 8.51. The summed E-state index contributed by atoms with van der Waals surface area (Å²) < 4.78 is 0. The van der Waals surface area contributed by atoms with Gasteiger partial charge in [-0.25, -0.2) is 5.10 Å². The van der Waals surface area contributed by atoms with E-state index in [2.05, 4.69) is 15.5 Å². The molecule has 6 nitrogen and oxygen atoms in total. The summed E-state index contributed by atoms with van der Waals surface area (Å²) in [6.07, 6.45) is 0.756. The fourth-order valence-electron chi connectivity index (χ4n) is 1.06. The van der Waals surface area contributed by atoms with E-state index in [1.54, 1.807) is 0 Å². The molecule has 6 heteroatoms. The molecule has 0 aliphatic rings. The molecule has 0 aliphatic carbocycles. The van der Waals surface area contributed by atoms with Crippen molar-refractivity contribution in [1.82, 2.24) is 15.5 Å². The molecule has 0 radical (unpaired) electrons. The van der Waals surface area contributed by atoms with Crippen LogP contribution in [-0.4, -0.2) is 28.7 Å². The molecule has 1 rings (SSSR count). The number of rotatable bonds is 4. The number of aromatic amines is 1. The highest BCUT2D eigenvalue weighted by Gasteiger charge is 2.11. The van der Waals surface area contributed by atoms with Gasteiger partial charge in [0.2, 0.25) is 0 Å². The molecule has 82 valence electrons. The third-order valence-electron chi connectivity index (χ3n) is 2.02. The van der Waals surface area contributed by atoms with Crippen LogP contribution in [0.3, 0.4) is 0 Å². The normalized spacial score (nSPS) is 12.1. The minimum absolute atomic E-state index is 0.0637. The molecule has 1 heterocycles. The van der Waals surface area contributed by atoms with Crippen molar-refractivity contribution in [3.8, 4) is 0 Å². The number of amides is 1. The van der Waals surface area contributed by atoms with Gasteiger partial charge >= 0.3 is 0 Å². The lowest BCUT2D eigenvalue weighted by molar-refractivity contribution is 0.0931. The number of nitrogens with one attached hydrogen (secondary N) is 2. The second-order valence-electron chi connectivity index (χ2n) is 3.12. The molecule has 1 aromatic heterocycles. The fraction of sp³-hybridized carbons (Fsp3) is 0.444. The minimum atomic E-state index is -0.336. The van der Waals surface area contributed by atoms with E-state index >= 15 is 0 Å². The molecule has 0 spiro atoms. The monoisotopic (exact) mass is 210 g/mol. The molecule has 1 aromatic rings. The third-order valence-corrected chi connectivity index (χ3v) is 2.02. The minimum Gasteiger partial charge on any atom is -0.347 e. The Labute approximate surface area is 86.9 Å². The van der Waals surface area contributed by atoms with Crippen LogP contribution in [-0.2, 0) is 0 Å². The Balaban J connectivity index is 2.68. The van der Waals surface area contributed by atoms with Crippen LogP contribution in [0.25, 0.3) is 0 Å². The number of hydrogen-bond acceptors (Lipinski definition) is 4. The summed E-state index contributed by atoms with van der Waals surface area (Å²) in [4.78, 5) is 22.2. The van der Waals surface area contributed by atoms with E-state index in [9.17, 15) is 9.59 Å². The van der Waals surface area contributed by atoms with Crippen LogP contribution in [0.15, 0.2) is 16.9 Å². The average Bonchev–Trinajstić information content (AvgIpc) is 2.26. The summed E-state index contributed by atoms with van der Waals surface area (Å²) in [5.74, 6) is -0.330. The quantitative estimate of drug-likeness (QED) is 0.607. The highest BCUT2D eigenvalue weighted by molar-refractivity contribution is 5.92. The van der Waals surface area contributed by atoms with Gasteiger partial charge in [-0.3, -0.25) is 9.59 Å². The number of hydrogen-bond donors (Lipinski definition) is 3. The van der Waals surface area contributed by atoms with Crippen LogP contribution in [0.2, 0.25) is 0 Å². The average molecular weight is 210 g/mol. The van der Waals surface area contributed by atoms with Crippen molar-refractivity contribution in [3.63, 3.8) is 0 Å². The SMILES string of the molecule is CCC(CN)NC(=O)c1ccc(=O)[nH]n1. The van der Waals surface area contributed by atoms with Gasteiger partial charge < -0.3 is 11.1 Å². The van der Waals surface area contributed by atoms with E-state index in [0.717, 1.165) is 6.42 Å². The number of nitrogens with two attached hydrogens (primary N) is 1. The molecule has 0 bridgehead atoms. The highest BCUT2D eigenvalue weighted by atomic mass is 16.2. The lowest BCUT2D eigenvalue weighted by Gasteiger charge is -2.13. The van der Waals surface area contributed by atoms with Crippen molar-refractivity contribution in [1.29, 1.82) is 0 Å². The maximum absolute atomic E-state index is 11.5. The molecule has 0 saturated heterocycles. The van der Waals surface area contributed by atoms with Gasteiger partial charge in [0.25, 0.3) is 11.5 Å². The first-order valence-corrected chi connectivity index (χ1v) is 4.74. The van der Waals surface area contributed by atoms with Gasteiger partial charge in [-0.2, -0.15) is 5.10 Å². The second-order valence-corrected chi connectivity index (χ2v) is 3.12. The van der Waals surface area contributed by atoms with Crippen LogP contribution < -0.4 is 16.6 Å². The summed E-state index contributed by atoms with van der Waals surface area (Å²) in [7, 11) is 0.